The van der Waals surface area contributed by atoms with Gasteiger partial charge >= 0.3 is 0 Å². The summed E-state index contributed by atoms with van der Waals surface area (Å²) in [6, 6.07) is 17.8. The second kappa shape index (κ2) is 7.56. The van der Waals surface area contributed by atoms with Crippen LogP contribution in [-0.2, 0) is 17.3 Å². The monoisotopic (exact) mass is 380 g/mol. The van der Waals surface area contributed by atoms with Gasteiger partial charge in [0.25, 0.3) is 0 Å². The summed E-state index contributed by atoms with van der Waals surface area (Å²) in [7, 11) is 1.90. The molecule has 1 heterocycles. The van der Waals surface area contributed by atoms with Gasteiger partial charge < -0.3 is 10.3 Å². The van der Waals surface area contributed by atoms with E-state index in [9.17, 15) is 4.79 Å². The first-order valence-electron chi connectivity index (χ1n) is 8.78. The molecule has 0 saturated carbocycles. The van der Waals surface area contributed by atoms with Gasteiger partial charge in [-0.1, -0.05) is 87.1 Å². The second-order valence-corrected chi connectivity index (χ2v) is 8.58. The molecular formula is C21H24N4OS. The summed E-state index contributed by atoms with van der Waals surface area (Å²) in [5, 5.41) is 8.74. The lowest BCUT2D eigenvalue weighted by Gasteiger charge is -2.19. The lowest BCUT2D eigenvalue weighted by atomic mass is 9.87. The molecule has 1 aromatic heterocycles. The molecule has 0 aliphatic carbocycles. The summed E-state index contributed by atoms with van der Waals surface area (Å²) < 4.78 is 1.90. The SMILES string of the molecule is Cn1c(S[C@@H](C(N)=O)c2ccccc2)nnc1-c1ccc(C(C)(C)C)cc1. The topological polar surface area (TPSA) is 73.8 Å². The van der Waals surface area contributed by atoms with E-state index >= 15 is 0 Å². The van der Waals surface area contributed by atoms with Crippen LogP contribution >= 0.6 is 11.8 Å². The van der Waals surface area contributed by atoms with Crippen molar-refractivity contribution in [2.75, 3.05) is 0 Å². The van der Waals surface area contributed by atoms with Crippen LogP contribution in [0.5, 0.6) is 0 Å². The molecule has 0 saturated heterocycles. The Labute approximate surface area is 164 Å². The van der Waals surface area contributed by atoms with E-state index in [2.05, 4.69) is 55.2 Å². The molecule has 0 fully saturated rings. The minimum absolute atomic E-state index is 0.101. The van der Waals surface area contributed by atoms with Crippen molar-refractivity contribution in [1.82, 2.24) is 14.8 Å². The van der Waals surface area contributed by atoms with E-state index in [1.165, 1.54) is 17.3 Å². The van der Waals surface area contributed by atoms with E-state index in [1.54, 1.807) is 0 Å². The Bertz CT molecular complexity index is 927. The van der Waals surface area contributed by atoms with Crippen LogP contribution < -0.4 is 5.73 Å². The third-order valence-corrected chi connectivity index (χ3v) is 5.73. The normalized spacial score (nSPS) is 12.7. The maximum atomic E-state index is 12.0. The van der Waals surface area contributed by atoms with Crippen LogP contribution in [0.25, 0.3) is 11.4 Å². The van der Waals surface area contributed by atoms with Gasteiger partial charge in [-0.2, -0.15) is 0 Å². The van der Waals surface area contributed by atoms with E-state index in [0.717, 1.165) is 17.0 Å². The Morgan fingerprint density at radius 3 is 2.22 bits per heavy atom. The van der Waals surface area contributed by atoms with Crippen LogP contribution in [0.3, 0.4) is 0 Å². The summed E-state index contributed by atoms with van der Waals surface area (Å²) in [5.41, 5.74) is 8.83. The number of primary amides is 1. The number of benzene rings is 2. The number of hydrogen-bond donors (Lipinski definition) is 1. The average Bonchev–Trinajstić information content (AvgIpc) is 3.00. The highest BCUT2D eigenvalue weighted by Crippen LogP contribution is 2.35. The van der Waals surface area contributed by atoms with Gasteiger partial charge in [0.05, 0.1) is 0 Å². The number of carbonyl (C=O) groups is 1. The van der Waals surface area contributed by atoms with Crippen molar-refractivity contribution in [2.24, 2.45) is 12.8 Å². The number of aromatic nitrogens is 3. The fourth-order valence-electron chi connectivity index (χ4n) is 2.81. The Balaban J connectivity index is 1.88. The first-order chi connectivity index (χ1) is 12.8. The lowest BCUT2D eigenvalue weighted by molar-refractivity contribution is -0.117. The Hall–Kier alpha value is -2.60. The van der Waals surface area contributed by atoms with Crippen LogP contribution in [-0.4, -0.2) is 20.7 Å². The maximum Gasteiger partial charge on any atom is 0.235 e. The summed E-state index contributed by atoms with van der Waals surface area (Å²) in [5.74, 6) is 0.361. The molecule has 0 spiro atoms. The van der Waals surface area contributed by atoms with Crippen LogP contribution in [0, 0.1) is 0 Å². The zero-order chi connectivity index (χ0) is 19.6. The van der Waals surface area contributed by atoms with Gasteiger partial charge in [-0.05, 0) is 16.5 Å². The van der Waals surface area contributed by atoms with E-state index < -0.39 is 11.2 Å². The van der Waals surface area contributed by atoms with Gasteiger partial charge in [0.1, 0.15) is 5.25 Å². The quantitative estimate of drug-likeness (QED) is 0.676. The molecule has 0 unspecified atom stereocenters. The molecule has 1 amide bonds. The zero-order valence-electron chi connectivity index (χ0n) is 16.0. The molecule has 2 N–H and O–H groups in total. The predicted molar refractivity (Wildman–Crippen MR) is 109 cm³/mol. The summed E-state index contributed by atoms with van der Waals surface area (Å²) in [6.07, 6.45) is 0. The van der Waals surface area contributed by atoms with Crippen LogP contribution in [0.1, 0.15) is 37.1 Å². The van der Waals surface area contributed by atoms with Crippen molar-refractivity contribution in [3.8, 4) is 11.4 Å². The minimum atomic E-state index is -0.509. The van der Waals surface area contributed by atoms with Crippen LogP contribution in [0.2, 0.25) is 0 Å². The van der Waals surface area contributed by atoms with Gasteiger partial charge in [-0.3, -0.25) is 4.79 Å². The largest absolute Gasteiger partial charge is 0.368 e. The van der Waals surface area contributed by atoms with E-state index in [0.29, 0.717) is 5.16 Å². The Kier molecular flexibility index (Phi) is 5.37. The molecule has 3 rings (SSSR count). The van der Waals surface area contributed by atoms with Crippen molar-refractivity contribution in [3.05, 3.63) is 65.7 Å². The fourth-order valence-corrected chi connectivity index (χ4v) is 3.76. The molecule has 5 nitrogen and oxygen atoms in total. The highest BCUT2D eigenvalue weighted by atomic mass is 32.2. The number of thioether (sulfide) groups is 1. The lowest BCUT2D eigenvalue weighted by Crippen LogP contribution is -2.19. The molecule has 140 valence electrons. The molecule has 1 atom stereocenters. The molecule has 3 aromatic rings. The Morgan fingerprint density at radius 2 is 1.67 bits per heavy atom. The fraction of sp³-hybridized carbons (Fsp3) is 0.286. The minimum Gasteiger partial charge on any atom is -0.368 e. The Morgan fingerprint density at radius 1 is 1.04 bits per heavy atom. The summed E-state index contributed by atoms with van der Waals surface area (Å²) in [4.78, 5) is 12.0. The van der Waals surface area contributed by atoms with Crippen molar-refractivity contribution in [2.45, 2.75) is 36.6 Å². The number of nitrogens with zero attached hydrogens (tertiary/aromatic N) is 3. The number of rotatable bonds is 5. The molecule has 0 bridgehead atoms. The number of carbonyl (C=O) groups excluding carboxylic acids is 1. The third-order valence-electron chi connectivity index (χ3n) is 4.43. The molecule has 2 aromatic carbocycles. The van der Waals surface area contributed by atoms with Gasteiger partial charge in [-0.25, -0.2) is 0 Å². The van der Waals surface area contributed by atoms with Crippen molar-refractivity contribution < 1.29 is 4.79 Å². The zero-order valence-corrected chi connectivity index (χ0v) is 16.8. The van der Waals surface area contributed by atoms with Crippen LogP contribution in [0.4, 0.5) is 0 Å². The average molecular weight is 381 g/mol. The molecular weight excluding hydrogens is 356 g/mol. The predicted octanol–water partition coefficient (Wildman–Crippen LogP) is 4.10. The smallest absolute Gasteiger partial charge is 0.235 e. The second-order valence-electron chi connectivity index (χ2n) is 7.50. The van der Waals surface area contributed by atoms with Crippen LogP contribution in [0.15, 0.2) is 59.8 Å². The van der Waals surface area contributed by atoms with Gasteiger partial charge in [0.15, 0.2) is 11.0 Å². The molecule has 0 aliphatic heterocycles. The van der Waals surface area contributed by atoms with E-state index in [4.69, 9.17) is 5.73 Å². The van der Waals surface area contributed by atoms with Gasteiger partial charge in [0, 0.05) is 12.6 Å². The maximum absolute atomic E-state index is 12.0. The van der Waals surface area contributed by atoms with Crippen molar-refractivity contribution in [3.63, 3.8) is 0 Å². The highest BCUT2D eigenvalue weighted by Gasteiger charge is 2.23. The van der Waals surface area contributed by atoms with Crippen molar-refractivity contribution >= 4 is 17.7 Å². The first-order valence-corrected chi connectivity index (χ1v) is 9.66. The van der Waals surface area contributed by atoms with E-state index in [1.807, 2.05) is 41.9 Å². The third kappa shape index (κ3) is 4.22. The molecule has 6 heteroatoms. The molecule has 0 aliphatic rings. The summed E-state index contributed by atoms with van der Waals surface area (Å²) in [6.45, 7) is 6.56. The standard InChI is InChI=1S/C21H24N4OS/c1-21(2,3)16-12-10-15(11-13-16)19-23-24-20(25(19)4)27-17(18(22)26)14-8-6-5-7-9-14/h5-13,17H,1-4H3,(H2,22,26)/t17-/m1/s1. The number of nitrogens with two attached hydrogens (primary N) is 1. The number of hydrogen-bond acceptors (Lipinski definition) is 4. The van der Waals surface area contributed by atoms with Crippen molar-refractivity contribution in [1.29, 1.82) is 0 Å². The van der Waals surface area contributed by atoms with Gasteiger partial charge in [0.2, 0.25) is 5.91 Å². The number of amides is 1. The first kappa shape index (κ1) is 19.2. The molecule has 27 heavy (non-hydrogen) atoms. The highest BCUT2D eigenvalue weighted by molar-refractivity contribution is 8.00. The summed E-state index contributed by atoms with van der Waals surface area (Å²) >= 11 is 1.31. The van der Waals surface area contributed by atoms with E-state index in [-0.39, 0.29) is 5.41 Å². The van der Waals surface area contributed by atoms with Gasteiger partial charge in [-0.15, -0.1) is 10.2 Å². The molecule has 0 radical (unpaired) electrons.